The van der Waals surface area contributed by atoms with Crippen molar-refractivity contribution in [2.45, 2.75) is 52.4 Å². The number of hydrogen-bond acceptors (Lipinski definition) is 0. The van der Waals surface area contributed by atoms with Crippen molar-refractivity contribution >= 4 is 0 Å². The average Bonchev–Trinajstić information content (AvgIpc) is 2.49. The maximum atomic E-state index is 2.00. The van der Waals surface area contributed by atoms with Gasteiger partial charge in [0.05, 0.1) is 0 Å². The molecule has 0 aromatic heterocycles. The van der Waals surface area contributed by atoms with Gasteiger partial charge in [-0.2, -0.15) is 0 Å². The van der Waals surface area contributed by atoms with Crippen molar-refractivity contribution in [3.8, 4) is 0 Å². The van der Waals surface area contributed by atoms with Crippen LogP contribution in [0.5, 0.6) is 0 Å². The van der Waals surface area contributed by atoms with E-state index in [2.05, 4.69) is 0 Å². The maximum Gasteiger partial charge on any atom is -0.0386 e. The van der Waals surface area contributed by atoms with E-state index in [1.54, 1.807) is 25.7 Å². The Morgan fingerprint density at radius 1 is 0.700 bits per heavy atom. The largest absolute Gasteiger partial charge is 0.0683 e. The van der Waals surface area contributed by atoms with Gasteiger partial charge in [-0.05, 0) is 11.8 Å². The molecule has 0 atom stereocenters. The summed E-state index contributed by atoms with van der Waals surface area (Å²) in [5.41, 5.74) is 0. The number of rotatable bonds is 0. The zero-order valence-electron chi connectivity index (χ0n) is 7.40. The second kappa shape index (κ2) is 4.00. The van der Waals surface area contributed by atoms with E-state index in [4.69, 9.17) is 0 Å². The third-order valence-electron chi connectivity index (χ3n) is 2.97. The highest BCUT2D eigenvalue weighted by Gasteiger charge is 2.30. The standard InChI is InChI=1S/C8H14.C2H6/c1-3-7-5-2-6-8(7)4-1;1-2/h7-8H,1-6H2;1-2H3. The topological polar surface area (TPSA) is 0 Å². The molecule has 2 rings (SSSR count). The second-order valence-electron chi connectivity index (χ2n) is 3.38. The van der Waals surface area contributed by atoms with Gasteiger partial charge in [0, 0.05) is 0 Å². The van der Waals surface area contributed by atoms with Gasteiger partial charge in [-0.3, -0.25) is 0 Å². The fourth-order valence-corrected chi connectivity index (χ4v) is 2.52. The van der Waals surface area contributed by atoms with Crippen molar-refractivity contribution in [3.05, 3.63) is 0 Å². The molecule has 0 heterocycles. The quantitative estimate of drug-likeness (QED) is 0.482. The molecule has 0 aromatic rings. The molecule has 2 aliphatic rings. The molecule has 0 aromatic carbocycles. The Bertz CT molecular complexity index is 66.0. The highest BCUT2D eigenvalue weighted by atomic mass is 14.4. The van der Waals surface area contributed by atoms with E-state index in [0.717, 1.165) is 0 Å². The molecular formula is C10H20. The zero-order chi connectivity index (χ0) is 7.40. The Hall–Kier alpha value is 0. The van der Waals surface area contributed by atoms with E-state index >= 15 is 0 Å². The van der Waals surface area contributed by atoms with Crippen LogP contribution in [0.3, 0.4) is 0 Å². The molecule has 60 valence electrons. The predicted octanol–water partition coefficient (Wildman–Crippen LogP) is 3.61. The molecule has 0 N–H and O–H groups in total. The van der Waals surface area contributed by atoms with Crippen LogP contribution in [0.4, 0.5) is 0 Å². The molecule has 2 saturated carbocycles. The van der Waals surface area contributed by atoms with E-state index < -0.39 is 0 Å². The molecule has 10 heavy (non-hydrogen) atoms. The second-order valence-corrected chi connectivity index (χ2v) is 3.38. The summed E-state index contributed by atoms with van der Waals surface area (Å²) in [6, 6.07) is 0. The van der Waals surface area contributed by atoms with E-state index in [0.29, 0.717) is 0 Å². The van der Waals surface area contributed by atoms with Crippen LogP contribution in [0.1, 0.15) is 52.4 Å². The molecule has 0 heteroatoms. The molecule has 2 fully saturated rings. The van der Waals surface area contributed by atoms with Crippen molar-refractivity contribution in [3.63, 3.8) is 0 Å². The van der Waals surface area contributed by atoms with Gasteiger partial charge in [-0.15, -0.1) is 0 Å². The van der Waals surface area contributed by atoms with Crippen LogP contribution in [0.25, 0.3) is 0 Å². The summed E-state index contributed by atoms with van der Waals surface area (Å²) in [5.74, 6) is 2.35. The number of fused-ring (bicyclic) bond motifs is 1. The van der Waals surface area contributed by atoms with E-state index in [-0.39, 0.29) is 0 Å². The highest BCUT2D eigenvalue weighted by molar-refractivity contribution is 4.82. The predicted molar refractivity (Wildman–Crippen MR) is 46.0 cm³/mol. The smallest absolute Gasteiger partial charge is 0.0386 e. The third-order valence-corrected chi connectivity index (χ3v) is 2.97. The maximum absolute atomic E-state index is 2.00. The van der Waals surface area contributed by atoms with Gasteiger partial charge in [-0.25, -0.2) is 0 Å². The molecule has 0 amide bonds. The number of hydrogen-bond donors (Lipinski definition) is 0. The average molecular weight is 140 g/mol. The molecule has 0 nitrogen and oxygen atoms in total. The molecule has 0 radical (unpaired) electrons. The van der Waals surface area contributed by atoms with Crippen molar-refractivity contribution in [2.24, 2.45) is 11.8 Å². The summed E-state index contributed by atoms with van der Waals surface area (Å²) in [5, 5.41) is 0. The van der Waals surface area contributed by atoms with E-state index in [1.807, 2.05) is 13.8 Å². The first kappa shape index (κ1) is 8.10. The fourth-order valence-electron chi connectivity index (χ4n) is 2.52. The Kier molecular flexibility index (Phi) is 3.24. The van der Waals surface area contributed by atoms with Crippen LogP contribution in [0.15, 0.2) is 0 Å². The monoisotopic (exact) mass is 140 g/mol. The Balaban J connectivity index is 0.000000231. The minimum absolute atomic E-state index is 1.18. The van der Waals surface area contributed by atoms with Crippen LogP contribution < -0.4 is 0 Å². The summed E-state index contributed by atoms with van der Waals surface area (Å²) < 4.78 is 0. The van der Waals surface area contributed by atoms with E-state index in [1.165, 1.54) is 24.7 Å². The molecule has 2 aliphatic carbocycles. The lowest BCUT2D eigenvalue weighted by molar-refractivity contribution is 0.457. The van der Waals surface area contributed by atoms with Crippen LogP contribution in [-0.4, -0.2) is 0 Å². The SMILES string of the molecule is C1CC2CCCC2C1.CC. The lowest BCUT2D eigenvalue weighted by atomic mass is 10.0. The molecule has 0 saturated heterocycles. The van der Waals surface area contributed by atoms with Gasteiger partial charge in [0.25, 0.3) is 0 Å². The van der Waals surface area contributed by atoms with Crippen LogP contribution in [0.2, 0.25) is 0 Å². The van der Waals surface area contributed by atoms with Gasteiger partial charge in [0.15, 0.2) is 0 Å². The van der Waals surface area contributed by atoms with Crippen molar-refractivity contribution in [2.75, 3.05) is 0 Å². The van der Waals surface area contributed by atoms with Gasteiger partial charge in [0.2, 0.25) is 0 Å². The summed E-state index contributed by atoms with van der Waals surface area (Å²) in [4.78, 5) is 0. The van der Waals surface area contributed by atoms with Gasteiger partial charge in [-0.1, -0.05) is 52.4 Å². The summed E-state index contributed by atoms with van der Waals surface area (Å²) in [6.45, 7) is 4.00. The Morgan fingerprint density at radius 3 is 1.30 bits per heavy atom. The van der Waals surface area contributed by atoms with Gasteiger partial charge < -0.3 is 0 Å². The van der Waals surface area contributed by atoms with Crippen molar-refractivity contribution in [1.29, 1.82) is 0 Å². The van der Waals surface area contributed by atoms with Crippen molar-refractivity contribution < 1.29 is 0 Å². The Labute approximate surface area is 65.0 Å². The normalized spacial score (nSPS) is 36.6. The minimum Gasteiger partial charge on any atom is -0.0683 e. The van der Waals surface area contributed by atoms with Crippen molar-refractivity contribution in [1.82, 2.24) is 0 Å². The van der Waals surface area contributed by atoms with Crippen LogP contribution >= 0.6 is 0 Å². The summed E-state index contributed by atoms with van der Waals surface area (Å²) in [6.07, 6.45) is 9.31. The lowest BCUT2D eigenvalue weighted by Gasteiger charge is -2.04. The summed E-state index contributed by atoms with van der Waals surface area (Å²) in [7, 11) is 0. The Morgan fingerprint density at radius 2 is 1.00 bits per heavy atom. The zero-order valence-corrected chi connectivity index (χ0v) is 7.40. The third kappa shape index (κ3) is 1.53. The first-order chi connectivity index (χ1) is 4.97. The first-order valence-corrected chi connectivity index (χ1v) is 4.97. The van der Waals surface area contributed by atoms with Gasteiger partial charge >= 0.3 is 0 Å². The highest BCUT2D eigenvalue weighted by Crippen LogP contribution is 2.43. The minimum atomic E-state index is 1.18. The molecule has 0 aliphatic heterocycles. The molecule has 0 spiro atoms. The van der Waals surface area contributed by atoms with Crippen LogP contribution in [0, 0.1) is 11.8 Å². The van der Waals surface area contributed by atoms with Crippen LogP contribution in [-0.2, 0) is 0 Å². The molecule has 0 unspecified atom stereocenters. The lowest BCUT2D eigenvalue weighted by Crippen LogP contribution is -1.95. The van der Waals surface area contributed by atoms with Gasteiger partial charge in [0.1, 0.15) is 0 Å². The fraction of sp³-hybridized carbons (Fsp3) is 1.00. The first-order valence-electron chi connectivity index (χ1n) is 4.97. The molecule has 0 bridgehead atoms. The van der Waals surface area contributed by atoms with E-state index in [9.17, 15) is 0 Å². The summed E-state index contributed by atoms with van der Waals surface area (Å²) >= 11 is 0. The molecular weight excluding hydrogens is 120 g/mol.